The minimum Gasteiger partial charge on any atom is -0.481 e. The van der Waals surface area contributed by atoms with Gasteiger partial charge in [-0.15, -0.1) is 0 Å². The highest BCUT2D eigenvalue weighted by molar-refractivity contribution is 5.72. The van der Waals surface area contributed by atoms with Crippen molar-refractivity contribution in [3.8, 4) is 0 Å². The number of rotatable bonds is 1. The fraction of sp³-hybridized carbons (Fsp3) is 0.857. The topological polar surface area (TPSA) is 66.6 Å². The molecule has 0 aliphatic carbocycles. The summed E-state index contributed by atoms with van der Waals surface area (Å²) in [6.07, 6.45) is 0. The molecule has 3 unspecified atom stereocenters. The number of likely N-dealkylation sites (tertiary alicyclic amines) is 1. The maximum absolute atomic E-state index is 10.7. The molecule has 4 heteroatoms. The predicted octanol–water partition coefficient (Wildman–Crippen LogP) is -0.652. The molecule has 3 N–H and O–H groups in total. The molecule has 0 saturated carbocycles. The zero-order chi connectivity index (χ0) is 8.59. The first kappa shape index (κ1) is 8.49. The van der Waals surface area contributed by atoms with Crippen molar-refractivity contribution in [3.05, 3.63) is 0 Å². The van der Waals surface area contributed by atoms with Crippen molar-refractivity contribution in [2.24, 2.45) is 11.7 Å². The summed E-state index contributed by atoms with van der Waals surface area (Å²) in [5, 5.41) is 8.77. The molecule has 1 saturated heterocycles. The molecule has 0 spiro atoms. The number of nitrogens with zero attached hydrogens (tertiary/aromatic N) is 1. The van der Waals surface area contributed by atoms with Crippen molar-refractivity contribution in [2.45, 2.75) is 19.0 Å². The Labute approximate surface area is 66.0 Å². The van der Waals surface area contributed by atoms with Gasteiger partial charge in [0.2, 0.25) is 0 Å². The number of nitrogens with two attached hydrogens (primary N) is 1. The highest BCUT2D eigenvalue weighted by atomic mass is 16.4. The number of carbonyl (C=O) groups is 1. The monoisotopic (exact) mass is 158 g/mol. The highest BCUT2D eigenvalue weighted by Crippen LogP contribution is 2.21. The summed E-state index contributed by atoms with van der Waals surface area (Å²) in [5.74, 6) is -1.19. The SMILES string of the molecule is CC1C(C(=O)O)C(N)CN1C. The second kappa shape index (κ2) is 2.79. The molecule has 1 aliphatic rings. The van der Waals surface area contributed by atoms with Gasteiger partial charge >= 0.3 is 5.97 Å². The summed E-state index contributed by atoms with van der Waals surface area (Å²) in [6, 6.07) is -0.157. The highest BCUT2D eigenvalue weighted by Gasteiger charge is 2.39. The Morgan fingerprint density at radius 2 is 2.27 bits per heavy atom. The fourth-order valence-electron chi connectivity index (χ4n) is 1.63. The van der Waals surface area contributed by atoms with Crippen LogP contribution in [0.1, 0.15) is 6.92 Å². The quantitative estimate of drug-likeness (QED) is 0.532. The van der Waals surface area contributed by atoms with Gasteiger partial charge in [-0.05, 0) is 14.0 Å². The maximum Gasteiger partial charge on any atom is 0.309 e. The van der Waals surface area contributed by atoms with Gasteiger partial charge in [0.05, 0.1) is 5.92 Å². The molecule has 11 heavy (non-hydrogen) atoms. The van der Waals surface area contributed by atoms with Gasteiger partial charge in [-0.25, -0.2) is 0 Å². The number of hydrogen-bond donors (Lipinski definition) is 2. The number of hydrogen-bond acceptors (Lipinski definition) is 3. The molecule has 0 amide bonds. The van der Waals surface area contributed by atoms with E-state index in [9.17, 15) is 4.79 Å². The van der Waals surface area contributed by atoms with Crippen molar-refractivity contribution >= 4 is 5.97 Å². The van der Waals surface area contributed by atoms with Crippen molar-refractivity contribution in [3.63, 3.8) is 0 Å². The normalized spacial score (nSPS) is 39.4. The van der Waals surface area contributed by atoms with Crippen LogP contribution in [0.3, 0.4) is 0 Å². The van der Waals surface area contributed by atoms with Gasteiger partial charge in [0.1, 0.15) is 0 Å². The van der Waals surface area contributed by atoms with Gasteiger partial charge in [0, 0.05) is 18.6 Å². The van der Waals surface area contributed by atoms with E-state index in [2.05, 4.69) is 0 Å². The Hall–Kier alpha value is -0.610. The standard InChI is InChI=1S/C7H14N2O2/c1-4-6(7(10)11)5(8)3-9(4)2/h4-6H,3,8H2,1-2H3,(H,10,11). The fourth-order valence-corrected chi connectivity index (χ4v) is 1.63. The minimum atomic E-state index is -0.783. The van der Waals surface area contributed by atoms with E-state index < -0.39 is 11.9 Å². The summed E-state index contributed by atoms with van der Waals surface area (Å²) in [5.41, 5.74) is 5.64. The van der Waals surface area contributed by atoms with E-state index in [0.29, 0.717) is 6.54 Å². The molecule has 0 radical (unpaired) electrons. The second-order valence-corrected chi connectivity index (χ2v) is 3.21. The first-order valence-electron chi connectivity index (χ1n) is 3.72. The van der Waals surface area contributed by atoms with E-state index in [4.69, 9.17) is 10.8 Å². The van der Waals surface area contributed by atoms with Crippen LogP contribution in [0.4, 0.5) is 0 Å². The van der Waals surface area contributed by atoms with E-state index in [0.717, 1.165) is 0 Å². The van der Waals surface area contributed by atoms with Gasteiger partial charge in [-0.2, -0.15) is 0 Å². The first-order valence-corrected chi connectivity index (χ1v) is 3.72. The number of carboxylic acids is 1. The second-order valence-electron chi connectivity index (χ2n) is 3.21. The average Bonchev–Trinajstić information content (AvgIpc) is 2.07. The number of aliphatic carboxylic acids is 1. The zero-order valence-corrected chi connectivity index (χ0v) is 6.82. The van der Waals surface area contributed by atoms with Crippen LogP contribution in [0.25, 0.3) is 0 Å². The Balaban J connectivity index is 2.71. The summed E-state index contributed by atoms with van der Waals surface area (Å²) < 4.78 is 0. The third-order valence-electron chi connectivity index (χ3n) is 2.46. The Bertz CT molecular complexity index is 172. The van der Waals surface area contributed by atoms with E-state index in [1.54, 1.807) is 0 Å². The molecule has 0 aromatic rings. The van der Waals surface area contributed by atoms with E-state index >= 15 is 0 Å². The molecule has 0 aromatic heterocycles. The molecule has 64 valence electrons. The lowest BCUT2D eigenvalue weighted by atomic mass is 9.99. The molecule has 1 rings (SSSR count). The van der Waals surface area contributed by atoms with Crippen molar-refractivity contribution in [2.75, 3.05) is 13.6 Å². The smallest absolute Gasteiger partial charge is 0.309 e. The van der Waals surface area contributed by atoms with Gasteiger partial charge in [0.25, 0.3) is 0 Å². The average molecular weight is 158 g/mol. The Morgan fingerprint density at radius 3 is 2.45 bits per heavy atom. The van der Waals surface area contributed by atoms with Crippen LogP contribution < -0.4 is 5.73 Å². The summed E-state index contributed by atoms with van der Waals surface area (Å²) in [6.45, 7) is 2.57. The maximum atomic E-state index is 10.7. The van der Waals surface area contributed by atoms with E-state index in [1.165, 1.54) is 0 Å². The van der Waals surface area contributed by atoms with Crippen LogP contribution in [0.5, 0.6) is 0 Å². The van der Waals surface area contributed by atoms with Crippen LogP contribution in [-0.2, 0) is 4.79 Å². The molecular weight excluding hydrogens is 144 g/mol. The van der Waals surface area contributed by atoms with Gasteiger partial charge in [-0.1, -0.05) is 0 Å². The summed E-state index contributed by atoms with van der Waals surface area (Å²) >= 11 is 0. The number of carboxylic acid groups (broad SMARTS) is 1. The lowest BCUT2D eigenvalue weighted by Crippen LogP contribution is -2.36. The molecule has 1 aliphatic heterocycles. The summed E-state index contributed by atoms with van der Waals surface area (Å²) in [4.78, 5) is 12.6. The van der Waals surface area contributed by atoms with Crippen LogP contribution in [0.15, 0.2) is 0 Å². The van der Waals surface area contributed by atoms with E-state index in [1.807, 2.05) is 18.9 Å². The predicted molar refractivity (Wildman–Crippen MR) is 41.2 cm³/mol. The van der Waals surface area contributed by atoms with Crippen LogP contribution in [0.2, 0.25) is 0 Å². The van der Waals surface area contributed by atoms with Crippen LogP contribution in [0, 0.1) is 5.92 Å². The first-order chi connectivity index (χ1) is 5.04. The molecular formula is C7H14N2O2. The Morgan fingerprint density at radius 1 is 1.73 bits per heavy atom. The molecule has 0 bridgehead atoms. The third-order valence-corrected chi connectivity index (χ3v) is 2.46. The molecule has 3 atom stereocenters. The Kier molecular flexibility index (Phi) is 2.15. The van der Waals surface area contributed by atoms with Crippen molar-refractivity contribution in [1.82, 2.24) is 4.90 Å². The van der Waals surface area contributed by atoms with Gasteiger partial charge in [0.15, 0.2) is 0 Å². The molecule has 4 nitrogen and oxygen atoms in total. The largest absolute Gasteiger partial charge is 0.481 e. The van der Waals surface area contributed by atoms with Gasteiger partial charge in [-0.3, -0.25) is 4.79 Å². The molecule has 1 heterocycles. The zero-order valence-electron chi connectivity index (χ0n) is 6.82. The summed E-state index contributed by atoms with van der Waals surface area (Å²) in [7, 11) is 1.90. The third kappa shape index (κ3) is 1.36. The van der Waals surface area contributed by atoms with Crippen LogP contribution in [-0.4, -0.2) is 41.7 Å². The molecule has 1 fully saturated rings. The minimum absolute atomic E-state index is 0.0579. The van der Waals surface area contributed by atoms with Crippen molar-refractivity contribution in [1.29, 1.82) is 0 Å². The van der Waals surface area contributed by atoms with Crippen LogP contribution >= 0.6 is 0 Å². The number of likely N-dealkylation sites (N-methyl/N-ethyl adjacent to an activating group) is 1. The lowest BCUT2D eigenvalue weighted by Gasteiger charge is -2.16. The van der Waals surface area contributed by atoms with E-state index in [-0.39, 0.29) is 12.1 Å². The van der Waals surface area contributed by atoms with Crippen molar-refractivity contribution < 1.29 is 9.90 Å². The van der Waals surface area contributed by atoms with Gasteiger partial charge < -0.3 is 15.7 Å². The lowest BCUT2D eigenvalue weighted by molar-refractivity contribution is -0.142. The molecule has 0 aromatic carbocycles.